The summed E-state index contributed by atoms with van der Waals surface area (Å²) in [6.45, 7) is 0.444. The fraction of sp³-hybridized carbons (Fsp3) is 0.412. The minimum absolute atomic E-state index is 0.191. The highest BCUT2D eigenvalue weighted by Gasteiger charge is 2.18. The van der Waals surface area contributed by atoms with Crippen molar-refractivity contribution in [3.63, 3.8) is 0 Å². The van der Waals surface area contributed by atoms with Crippen molar-refractivity contribution in [1.82, 2.24) is 19.3 Å². The smallest absolute Gasteiger partial charge is 0.300 e. The number of aryl methyl sites for hydroxylation is 1. The van der Waals surface area contributed by atoms with E-state index in [-0.39, 0.29) is 17.1 Å². The van der Waals surface area contributed by atoms with Crippen LogP contribution >= 0.6 is 11.3 Å². The minimum Gasteiger partial charge on any atom is -0.300 e. The molecule has 0 fully saturated rings. The Kier molecular flexibility index (Phi) is 4.79. The van der Waals surface area contributed by atoms with E-state index in [1.807, 2.05) is 0 Å². The van der Waals surface area contributed by atoms with Gasteiger partial charge in [-0.2, -0.15) is 5.10 Å². The molecular weight excluding hydrogens is 402 g/mol. The number of anilines is 1. The summed E-state index contributed by atoms with van der Waals surface area (Å²) in [6, 6.07) is 4.63. The van der Waals surface area contributed by atoms with Crippen molar-refractivity contribution >= 4 is 42.4 Å². The number of nitrogens with zero attached hydrogens (tertiary/aromatic N) is 4. The Bertz CT molecular complexity index is 1220. The molecule has 9 nitrogen and oxygen atoms in total. The van der Waals surface area contributed by atoms with Crippen LogP contribution in [0.2, 0.25) is 0 Å². The number of sulfone groups is 1. The number of hydrogen-bond acceptors (Lipinski definition) is 7. The molecule has 3 heterocycles. The molecule has 0 bridgehead atoms. The molecule has 4 rings (SSSR count). The summed E-state index contributed by atoms with van der Waals surface area (Å²) < 4.78 is 26.8. The van der Waals surface area contributed by atoms with Crippen LogP contribution in [0.25, 0.3) is 10.2 Å². The van der Waals surface area contributed by atoms with Crippen LogP contribution in [0.5, 0.6) is 0 Å². The Morgan fingerprint density at radius 1 is 1.29 bits per heavy atom. The number of carbonyl (C=O) groups is 1. The van der Waals surface area contributed by atoms with E-state index in [0.29, 0.717) is 21.9 Å². The molecule has 0 radical (unpaired) electrons. The summed E-state index contributed by atoms with van der Waals surface area (Å²) in [4.78, 5) is 29.3. The zero-order chi connectivity index (χ0) is 19.9. The van der Waals surface area contributed by atoms with Crippen LogP contribution in [0.3, 0.4) is 0 Å². The number of aromatic nitrogens is 4. The maximum absolute atomic E-state index is 12.4. The molecule has 2 aromatic heterocycles. The quantitative estimate of drug-likeness (QED) is 0.681. The summed E-state index contributed by atoms with van der Waals surface area (Å²) >= 11 is 1.18. The predicted molar refractivity (Wildman–Crippen MR) is 105 cm³/mol. The molecule has 0 atom stereocenters. The van der Waals surface area contributed by atoms with Crippen LogP contribution in [0.4, 0.5) is 5.13 Å². The van der Waals surface area contributed by atoms with Crippen molar-refractivity contribution in [2.24, 2.45) is 0 Å². The number of hydrogen-bond donors (Lipinski definition) is 1. The first-order chi connectivity index (χ1) is 13.3. The van der Waals surface area contributed by atoms with Crippen LogP contribution in [-0.2, 0) is 34.1 Å². The normalized spacial score (nSPS) is 14.6. The molecule has 0 aliphatic carbocycles. The topological polar surface area (TPSA) is 116 Å². The second kappa shape index (κ2) is 7.13. The Hall–Kier alpha value is -2.53. The highest BCUT2D eigenvalue weighted by Crippen LogP contribution is 2.28. The number of fused-ring (bicyclic) bond motifs is 2. The van der Waals surface area contributed by atoms with Gasteiger partial charge < -0.3 is 5.32 Å². The molecule has 148 valence electrons. The number of thiazole rings is 1. The fourth-order valence-corrected chi connectivity index (χ4v) is 4.86. The fourth-order valence-electron chi connectivity index (χ4n) is 3.21. The molecule has 1 aliphatic rings. The molecular formula is C17H19N5O4S2. The standard InChI is InChI=1S/C17H19N5O4S2/c1-28(25,26)11-6-7-12-13(9-11)27-16(18-12)19-15(23)10-22-17(24)21-8-4-2-3-5-14(21)20-22/h6-7,9H,2-5,8,10H2,1H3,(H,18,19,23). The maximum atomic E-state index is 12.4. The molecule has 0 saturated carbocycles. The largest absolute Gasteiger partial charge is 0.346 e. The van der Waals surface area contributed by atoms with E-state index in [1.165, 1.54) is 28.2 Å². The predicted octanol–water partition coefficient (Wildman–Crippen LogP) is 1.42. The number of rotatable bonds is 4. The molecule has 1 N–H and O–H groups in total. The lowest BCUT2D eigenvalue weighted by Crippen LogP contribution is -2.30. The van der Waals surface area contributed by atoms with E-state index in [4.69, 9.17) is 0 Å². The van der Waals surface area contributed by atoms with Crippen LogP contribution in [0.1, 0.15) is 25.1 Å². The summed E-state index contributed by atoms with van der Waals surface area (Å²) in [5.74, 6) is 0.321. The third-order valence-electron chi connectivity index (χ3n) is 4.61. The number of amides is 1. The van der Waals surface area contributed by atoms with Gasteiger partial charge in [0.1, 0.15) is 12.4 Å². The first-order valence-electron chi connectivity index (χ1n) is 8.88. The second-order valence-corrected chi connectivity index (χ2v) is 9.83. The first-order valence-corrected chi connectivity index (χ1v) is 11.6. The molecule has 11 heteroatoms. The van der Waals surface area contributed by atoms with Crippen LogP contribution in [0.15, 0.2) is 27.9 Å². The summed E-state index contributed by atoms with van der Waals surface area (Å²) in [5.41, 5.74) is 0.327. The Morgan fingerprint density at radius 3 is 2.89 bits per heavy atom. The van der Waals surface area contributed by atoms with Gasteiger partial charge in [0, 0.05) is 19.2 Å². The minimum atomic E-state index is -3.32. The molecule has 0 saturated heterocycles. The van der Waals surface area contributed by atoms with Crippen molar-refractivity contribution in [3.8, 4) is 0 Å². The monoisotopic (exact) mass is 421 g/mol. The third-order valence-corrected chi connectivity index (χ3v) is 6.65. The van der Waals surface area contributed by atoms with E-state index >= 15 is 0 Å². The van der Waals surface area contributed by atoms with Crippen molar-refractivity contribution in [2.75, 3.05) is 11.6 Å². The lowest BCUT2D eigenvalue weighted by Gasteiger charge is -2.01. The highest BCUT2D eigenvalue weighted by molar-refractivity contribution is 7.90. The van der Waals surface area contributed by atoms with Gasteiger partial charge >= 0.3 is 5.69 Å². The Labute approximate surface area is 164 Å². The van der Waals surface area contributed by atoms with E-state index in [1.54, 1.807) is 10.6 Å². The summed E-state index contributed by atoms with van der Waals surface area (Å²) in [5, 5.41) is 7.31. The third kappa shape index (κ3) is 3.72. The second-order valence-electron chi connectivity index (χ2n) is 6.79. The van der Waals surface area contributed by atoms with Gasteiger partial charge in [-0.05, 0) is 31.0 Å². The SMILES string of the molecule is CS(=O)(=O)c1ccc2nc(NC(=O)Cn3nc4n(c3=O)CCCCC4)sc2c1. The number of nitrogens with one attached hydrogen (secondary N) is 1. The zero-order valence-electron chi connectivity index (χ0n) is 15.2. The number of carbonyl (C=O) groups excluding carboxylic acids is 1. The summed E-state index contributed by atoms with van der Waals surface area (Å²) in [6.07, 6.45) is 4.88. The van der Waals surface area contributed by atoms with Gasteiger partial charge in [0.2, 0.25) is 5.91 Å². The molecule has 1 amide bonds. The first kappa shape index (κ1) is 18.8. The lowest BCUT2D eigenvalue weighted by molar-refractivity contribution is -0.117. The maximum Gasteiger partial charge on any atom is 0.346 e. The van der Waals surface area contributed by atoms with Crippen molar-refractivity contribution in [1.29, 1.82) is 0 Å². The van der Waals surface area contributed by atoms with Crippen LogP contribution in [-0.4, -0.2) is 39.9 Å². The molecule has 3 aromatic rings. The van der Waals surface area contributed by atoms with Crippen LogP contribution < -0.4 is 11.0 Å². The van der Waals surface area contributed by atoms with E-state index < -0.39 is 15.7 Å². The number of benzene rings is 1. The van der Waals surface area contributed by atoms with Gasteiger partial charge in [0.15, 0.2) is 15.0 Å². The van der Waals surface area contributed by atoms with Gasteiger partial charge in [0.25, 0.3) is 0 Å². The van der Waals surface area contributed by atoms with Gasteiger partial charge in [-0.3, -0.25) is 9.36 Å². The molecule has 0 unspecified atom stereocenters. The zero-order valence-corrected chi connectivity index (χ0v) is 16.8. The lowest BCUT2D eigenvalue weighted by atomic mass is 10.2. The average molecular weight is 422 g/mol. The van der Waals surface area contributed by atoms with Gasteiger partial charge in [-0.25, -0.2) is 22.9 Å². The Morgan fingerprint density at radius 2 is 2.11 bits per heavy atom. The molecule has 0 spiro atoms. The van der Waals surface area contributed by atoms with Crippen molar-refractivity contribution in [2.45, 2.75) is 43.7 Å². The molecule has 28 heavy (non-hydrogen) atoms. The van der Waals surface area contributed by atoms with E-state index in [0.717, 1.165) is 37.8 Å². The van der Waals surface area contributed by atoms with Crippen molar-refractivity contribution < 1.29 is 13.2 Å². The molecule has 1 aliphatic heterocycles. The average Bonchev–Trinajstić information content (AvgIpc) is 3.04. The van der Waals surface area contributed by atoms with Gasteiger partial charge in [-0.1, -0.05) is 17.8 Å². The van der Waals surface area contributed by atoms with E-state index in [9.17, 15) is 18.0 Å². The van der Waals surface area contributed by atoms with Crippen LogP contribution in [0, 0.1) is 0 Å². The van der Waals surface area contributed by atoms with Gasteiger partial charge in [0.05, 0.1) is 15.1 Å². The van der Waals surface area contributed by atoms with Gasteiger partial charge in [-0.15, -0.1) is 0 Å². The van der Waals surface area contributed by atoms with Crippen molar-refractivity contribution in [3.05, 3.63) is 34.5 Å². The molecule has 1 aromatic carbocycles. The Balaban J connectivity index is 1.52. The summed E-state index contributed by atoms with van der Waals surface area (Å²) in [7, 11) is -3.32. The highest BCUT2D eigenvalue weighted by atomic mass is 32.2. The van der Waals surface area contributed by atoms with E-state index in [2.05, 4.69) is 15.4 Å².